The van der Waals surface area contributed by atoms with E-state index in [0.717, 1.165) is 24.6 Å². The molecule has 0 bridgehead atoms. The van der Waals surface area contributed by atoms with Crippen LogP contribution in [-0.2, 0) is 6.42 Å². The van der Waals surface area contributed by atoms with E-state index in [2.05, 4.69) is 5.32 Å². The molecule has 3 rings (SSSR count). The van der Waals surface area contributed by atoms with E-state index in [9.17, 15) is 4.39 Å². The summed E-state index contributed by atoms with van der Waals surface area (Å²) in [5.74, 6) is -0.250. The molecule has 2 aliphatic rings. The lowest BCUT2D eigenvalue weighted by Crippen LogP contribution is -2.27. The van der Waals surface area contributed by atoms with Crippen LogP contribution < -0.4 is 5.32 Å². The molecule has 17 heavy (non-hydrogen) atoms. The number of benzene rings is 1. The van der Waals surface area contributed by atoms with Crippen LogP contribution in [0.1, 0.15) is 31.2 Å². The molecule has 0 unspecified atom stereocenters. The van der Waals surface area contributed by atoms with Gasteiger partial charge in [0.15, 0.2) is 0 Å². The lowest BCUT2D eigenvalue weighted by atomic mass is 9.96. The zero-order valence-corrected chi connectivity index (χ0v) is 10.6. The fraction of sp³-hybridized carbons (Fsp3) is 0.571. The van der Waals surface area contributed by atoms with Gasteiger partial charge in [0, 0.05) is 17.6 Å². The SMILES string of the molecule is Fc1ccc(CC2(CNC3CC3)CC2)c(Cl)c1. The summed E-state index contributed by atoms with van der Waals surface area (Å²) in [6.07, 6.45) is 6.16. The van der Waals surface area contributed by atoms with Gasteiger partial charge in [-0.2, -0.15) is 0 Å². The molecular formula is C14H17ClFN. The third-order valence-corrected chi connectivity index (χ3v) is 4.23. The molecule has 0 spiro atoms. The van der Waals surface area contributed by atoms with Crippen LogP contribution in [0.2, 0.25) is 5.02 Å². The Kier molecular flexibility index (Phi) is 2.87. The third kappa shape index (κ3) is 2.80. The van der Waals surface area contributed by atoms with E-state index in [1.807, 2.05) is 6.07 Å². The normalized spacial score (nSPS) is 21.5. The molecule has 0 heterocycles. The van der Waals surface area contributed by atoms with Crippen molar-refractivity contribution in [2.75, 3.05) is 6.54 Å². The predicted octanol–water partition coefficient (Wildman–Crippen LogP) is 3.55. The van der Waals surface area contributed by atoms with Crippen molar-refractivity contribution in [3.8, 4) is 0 Å². The maximum Gasteiger partial charge on any atom is 0.124 e. The van der Waals surface area contributed by atoms with Crippen LogP contribution in [0.15, 0.2) is 18.2 Å². The highest BCUT2D eigenvalue weighted by Gasteiger charge is 2.43. The number of halogens is 2. The fourth-order valence-corrected chi connectivity index (χ4v) is 2.54. The third-order valence-electron chi connectivity index (χ3n) is 3.88. The molecule has 3 heteroatoms. The second-order valence-electron chi connectivity index (χ2n) is 5.57. The number of nitrogens with one attached hydrogen (secondary N) is 1. The van der Waals surface area contributed by atoms with Gasteiger partial charge >= 0.3 is 0 Å². The summed E-state index contributed by atoms with van der Waals surface area (Å²) in [5, 5.41) is 4.17. The molecule has 0 atom stereocenters. The molecule has 0 saturated heterocycles. The largest absolute Gasteiger partial charge is 0.313 e. The Hall–Kier alpha value is -0.600. The zero-order valence-electron chi connectivity index (χ0n) is 9.81. The second kappa shape index (κ2) is 4.25. The van der Waals surface area contributed by atoms with Gasteiger partial charge in [0.2, 0.25) is 0 Å². The van der Waals surface area contributed by atoms with Gasteiger partial charge in [-0.1, -0.05) is 17.7 Å². The van der Waals surface area contributed by atoms with Crippen LogP contribution in [0.5, 0.6) is 0 Å². The van der Waals surface area contributed by atoms with E-state index < -0.39 is 0 Å². The molecule has 2 saturated carbocycles. The van der Waals surface area contributed by atoms with Crippen molar-refractivity contribution < 1.29 is 4.39 Å². The van der Waals surface area contributed by atoms with E-state index in [4.69, 9.17) is 11.6 Å². The summed E-state index contributed by atoms with van der Waals surface area (Å²) < 4.78 is 13.0. The Morgan fingerprint density at radius 2 is 2.12 bits per heavy atom. The highest BCUT2D eigenvalue weighted by Crippen LogP contribution is 2.49. The van der Waals surface area contributed by atoms with Crippen molar-refractivity contribution in [2.24, 2.45) is 5.41 Å². The summed E-state index contributed by atoms with van der Waals surface area (Å²) in [4.78, 5) is 0. The first-order valence-electron chi connectivity index (χ1n) is 6.34. The maximum absolute atomic E-state index is 13.0. The Morgan fingerprint density at radius 3 is 2.71 bits per heavy atom. The summed E-state index contributed by atoms with van der Waals surface area (Å²) in [6.45, 7) is 1.09. The molecule has 92 valence electrons. The molecule has 0 aliphatic heterocycles. The fourth-order valence-electron chi connectivity index (χ4n) is 2.31. The summed E-state index contributed by atoms with van der Waals surface area (Å²) >= 11 is 6.08. The summed E-state index contributed by atoms with van der Waals surface area (Å²) in [7, 11) is 0. The molecule has 1 aromatic rings. The number of hydrogen-bond acceptors (Lipinski definition) is 1. The van der Waals surface area contributed by atoms with Crippen molar-refractivity contribution in [1.29, 1.82) is 0 Å². The molecule has 0 aromatic heterocycles. The van der Waals surface area contributed by atoms with Crippen LogP contribution in [0.25, 0.3) is 0 Å². The van der Waals surface area contributed by atoms with Crippen molar-refractivity contribution in [3.63, 3.8) is 0 Å². The summed E-state index contributed by atoms with van der Waals surface area (Å²) in [6, 6.07) is 5.51. The Bertz CT molecular complexity index is 424. The molecule has 1 N–H and O–H groups in total. The van der Waals surface area contributed by atoms with Crippen molar-refractivity contribution in [2.45, 2.75) is 38.1 Å². The lowest BCUT2D eigenvalue weighted by Gasteiger charge is -2.16. The van der Waals surface area contributed by atoms with Gasteiger partial charge < -0.3 is 5.32 Å². The molecule has 1 nitrogen and oxygen atoms in total. The Labute approximate surface area is 106 Å². The van der Waals surface area contributed by atoms with E-state index in [0.29, 0.717) is 10.4 Å². The van der Waals surface area contributed by atoms with Crippen molar-refractivity contribution >= 4 is 11.6 Å². The van der Waals surface area contributed by atoms with Crippen LogP contribution in [0.4, 0.5) is 4.39 Å². The van der Waals surface area contributed by atoms with Gasteiger partial charge in [-0.05, 0) is 55.2 Å². The molecule has 0 amide bonds. The average Bonchev–Trinajstić information content (AvgIpc) is 3.15. The predicted molar refractivity (Wildman–Crippen MR) is 67.8 cm³/mol. The van der Waals surface area contributed by atoms with Crippen LogP contribution in [-0.4, -0.2) is 12.6 Å². The molecule has 2 aliphatic carbocycles. The minimum atomic E-state index is -0.250. The van der Waals surface area contributed by atoms with E-state index in [1.54, 1.807) is 0 Å². The summed E-state index contributed by atoms with van der Waals surface area (Å²) in [5.41, 5.74) is 1.48. The topological polar surface area (TPSA) is 12.0 Å². The van der Waals surface area contributed by atoms with Gasteiger partial charge in [0.1, 0.15) is 5.82 Å². The minimum Gasteiger partial charge on any atom is -0.313 e. The molecule has 1 aromatic carbocycles. The van der Waals surface area contributed by atoms with Gasteiger partial charge in [0.25, 0.3) is 0 Å². The van der Waals surface area contributed by atoms with E-state index >= 15 is 0 Å². The molecule has 0 radical (unpaired) electrons. The maximum atomic E-state index is 13.0. The quantitative estimate of drug-likeness (QED) is 0.846. The first kappa shape index (κ1) is 11.5. The van der Waals surface area contributed by atoms with E-state index in [-0.39, 0.29) is 5.82 Å². The van der Waals surface area contributed by atoms with Crippen LogP contribution >= 0.6 is 11.6 Å². The van der Waals surface area contributed by atoms with Crippen LogP contribution in [0.3, 0.4) is 0 Å². The first-order chi connectivity index (χ1) is 8.17. The van der Waals surface area contributed by atoms with Gasteiger partial charge in [-0.25, -0.2) is 4.39 Å². The van der Waals surface area contributed by atoms with E-state index in [1.165, 1.54) is 37.8 Å². The van der Waals surface area contributed by atoms with Crippen molar-refractivity contribution in [3.05, 3.63) is 34.6 Å². The lowest BCUT2D eigenvalue weighted by molar-refractivity contribution is 0.453. The zero-order chi connectivity index (χ0) is 11.9. The van der Waals surface area contributed by atoms with Crippen LogP contribution in [0, 0.1) is 11.2 Å². The highest BCUT2D eigenvalue weighted by molar-refractivity contribution is 6.31. The van der Waals surface area contributed by atoms with Gasteiger partial charge in [-0.3, -0.25) is 0 Å². The smallest absolute Gasteiger partial charge is 0.124 e. The standard InChI is InChI=1S/C14H17ClFN/c15-13-7-11(16)2-1-10(13)8-14(5-6-14)9-17-12-3-4-12/h1-2,7,12,17H,3-6,8-9H2. The highest BCUT2D eigenvalue weighted by atomic mass is 35.5. The monoisotopic (exact) mass is 253 g/mol. The average molecular weight is 254 g/mol. The van der Waals surface area contributed by atoms with Crippen molar-refractivity contribution in [1.82, 2.24) is 5.32 Å². The Morgan fingerprint density at radius 1 is 1.35 bits per heavy atom. The minimum absolute atomic E-state index is 0.250. The van der Waals surface area contributed by atoms with Gasteiger partial charge in [0.05, 0.1) is 0 Å². The Balaban J connectivity index is 1.64. The van der Waals surface area contributed by atoms with Gasteiger partial charge in [-0.15, -0.1) is 0 Å². The molecular weight excluding hydrogens is 237 g/mol. The number of rotatable bonds is 5. The first-order valence-corrected chi connectivity index (χ1v) is 6.72. The second-order valence-corrected chi connectivity index (χ2v) is 5.97. The number of hydrogen-bond donors (Lipinski definition) is 1. The molecule has 2 fully saturated rings.